The normalized spacial score (nSPS) is 16.2. The first kappa shape index (κ1) is 17.0. The van der Waals surface area contributed by atoms with Gasteiger partial charge in [-0.15, -0.1) is 0 Å². The smallest absolute Gasteiger partial charge is 0.348 e. The maximum atomic E-state index is 12.0. The number of ether oxygens (including phenoxy) is 1. The lowest BCUT2D eigenvalue weighted by atomic mass is 10.1. The molecule has 136 valence electrons. The van der Waals surface area contributed by atoms with Gasteiger partial charge in [0.05, 0.1) is 0 Å². The number of aromatic nitrogens is 4. The van der Waals surface area contributed by atoms with E-state index in [2.05, 4.69) is 27.0 Å². The monoisotopic (exact) mass is 371 g/mol. The summed E-state index contributed by atoms with van der Waals surface area (Å²) in [5.41, 5.74) is 2.89. The van der Waals surface area contributed by atoms with Crippen molar-refractivity contribution >= 4 is 17.9 Å². The number of H-pyrrole nitrogens is 2. The minimum absolute atomic E-state index is 0.178. The summed E-state index contributed by atoms with van der Waals surface area (Å²) >= 11 is 5.05. The van der Waals surface area contributed by atoms with E-state index in [-0.39, 0.29) is 16.6 Å². The Morgan fingerprint density at radius 1 is 1.23 bits per heavy atom. The second-order valence-electron chi connectivity index (χ2n) is 6.76. The summed E-state index contributed by atoms with van der Waals surface area (Å²) in [4.78, 5) is 21.2. The van der Waals surface area contributed by atoms with Gasteiger partial charge in [-0.25, -0.2) is 4.79 Å². The summed E-state index contributed by atoms with van der Waals surface area (Å²) in [5, 5.41) is 3.03. The van der Waals surface area contributed by atoms with Gasteiger partial charge in [0.25, 0.3) is 0 Å². The summed E-state index contributed by atoms with van der Waals surface area (Å²) in [6.45, 7) is 4.05. The number of aryl methyl sites for hydroxylation is 1. The van der Waals surface area contributed by atoms with Gasteiger partial charge in [0, 0.05) is 24.3 Å². The molecular weight excluding hydrogens is 350 g/mol. The van der Waals surface area contributed by atoms with Crippen LogP contribution in [0.1, 0.15) is 18.5 Å². The average molecular weight is 371 g/mol. The fourth-order valence-electron chi connectivity index (χ4n) is 3.42. The molecule has 2 aromatic heterocycles. The quantitative estimate of drug-likeness (QED) is 0.692. The van der Waals surface area contributed by atoms with E-state index in [4.69, 9.17) is 17.0 Å². The fourth-order valence-corrected chi connectivity index (χ4v) is 3.60. The molecule has 3 aromatic rings. The molecule has 26 heavy (non-hydrogen) atoms. The molecule has 1 aliphatic heterocycles. The average Bonchev–Trinajstić information content (AvgIpc) is 2.94. The first-order valence-corrected chi connectivity index (χ1v) is 9.09. The molecule has 2 N–H and O–H groups in total. The predicted molar refractivity (Wildman–Crippen MR) is 102 cm³/mol. The van der Waals surface area contributed by atoms with Crippen LogP contribution in [0.15, 0.2) is 29.1 Å². The number of nitrogens with one attached hydrogen (secondary N) is 2. The van der Waals surface area contributed by atoms with E-state index in [1.54, 1.807) is 0 Å². The molecule has 8 heteroatoms. The van der Waals surface area contributed by atoms with Gasteiger partial charge in [0.15, 0.2) is 5.65 Å². The van der Waals surface area contributed by atoms with Gasteiger partial charge in [0.2, 0.25) is 4.77 Å². The highest BCUT2D eigenvalue weighted by atomic mass is 32.1. The fraction of sp³-hybridized carbons (Fsp3) is 0.389. The second kappa shape index (κ2) is 6.69. The van der Waals surface area contributed by atoms with Crippen molar-refractivity contribution in [1.29, 1.82) is 0 Å². The number of hydrogen-bond acceptors (Lipinski definition) is 5. The summed E-state index contributed by atoms with van der Waals surface area (Å²) in [6.07, 6.45) is 2.36. The Labute approximate surface area is 155 Å². The van der Waals surface area contributed by atoms with Crippen LogP contribution >= 0.6 is 12.2 Å². The molecule has 7 nitrogen and oxygen atoms in total. The minimum Gasteiger partial charge on any atom is -0.490 e. The summed E-state index contributed by atoms with van der Waals surface area (Å²) in [6, 6.07) is 7.93. The lowest BCUT2D eigenvalue weighted by molar-refractivity contribution is 0.114. The van der Waals surface area contributed by atoms with E-state index < -0.39 is 0 Å². The third kappa shape index (κ3) is 3.17. The van der Waals surface area contributed by atoms with E-state index in [1.807, 2.05) is 31.2 Å². The molecule has 0 unspecified atom stereocenters. The highest BCUT2D eigenvalue weighted by Gasteiger charge is 2.18. The standard InChI is InChI=1S/C18H21N5O2S/c1-11-15(16-19-17(26)20-18(24)23(16)21-11)12-3-5-13(6-4-12)25-14-7-9-22(2)10-8-14/h3-6,14,21H,7-10H2,1-2H3,(H,20,24,26). The molecule has 0 saturated carbocycles. The third-order valence-electron chi connectivity index (χ3n) is 4.83. The van der Waals surface area contributed by atoms with Gasteiger partial charge in [-0.1, -0.05) is 12.1 Å². The Balaban J connectivity index is 1.63. The summed E-state index contributed by atoms with van der Waals surface area (Å²) in [5.74, 6) is 0.864. The van der Waals surface area contributed by atoms with Crippen molar-refractivity contribution in [3.8, 4) is 16.9 Å². The second-order valence-corrected chi connectivity index (χ2v) is 7.15. The highest BCUT2D eigenvalue weighted by molar-refractivity contribution is 7.71. The zero-order valence-corrected chi connectivity index (χ0v) is 15.6. The van der Waals surface area contributed by atoms with Gasteiger partial charge >= 0.3 is 5.69 Å². The zero-order chi connectivity index (χ0) is 18.3. The third-order valence-corrected chi connectivity index (χ3v) is 5.02. The molecule has 0 aliphatic carbocycles. The molecule has 1 aromatic carbocycles. The highest BCUT2D eigenvalue weighted by Crippen LogP contribution is 2.28. The number of fused-ring (bicyclic) bond motifs is 1. The van der Waals surface area contributed by atoms with Crippen LogP contribution in [0, 0.1) is 11.7 Å². The molecule has 0 amide bonds. The first-order chi connectivity index (χ1) is 12.5. The number of likely N-dealkylation sites (tertiary alicyclic amines) is 1. The van der Waals surface area contributed by atoms with Crippen molar-refractivity contribution in [3.63, 3.8) is 0 Å². The van der Waals surface area contributed by atoms with Crippen LogP contribution in [-0.2, 0) is 0 Å². The lowest BCUT2D eigenvalue weighted by Crippen LogP contribution is -2.35. The Morgan fingerprint density at radius 3 is 2.62 bits per heavy atom. The topological polar surface area (TPSA) is 78.4 Å². The minimum atomic E-state index is -0.323. The van der Waals surface area contributed by atoms with Crippen molar-refractivity contribution in [3.05, 3.63) is 45.2 Å². The molecule has 3 heterocycles. The molecule has 4 rings (SSSR count). The Kier molecular flexibility index (Phi) is 4.37. The molecule has 0 radical (unpaired) electrons. The van der Waals surface area contributed by atoms with Crippen LogP contribution in [-0.4, -0.2) is 50.7 Å². The summed E-state index contributed by atoms with van der Waals surface area (Å²) < 4.78 is 7.66. The first-order valence-electron chi connectivity index (χ1n) is 8.68. The number of rotatable bonds is 3. The van der Waals surface area contributed by atoms with E-state index in [9.17, 15) is 4.79 Å². The number of nitrogens with zero attached hydrogens (tertiary/aromatic N) is 3. The van der Waals surface area contributed by atoms with Crippen molar-refractivity contribution < 1.29 is 4.74 Å². The van der Waals surface area contributed by atoms with Crippen molar-refractivity contribution in [2.24, 2.45) is 0 Å². The predicted octanol–water partition coefficient (Wildman–Crippen LogP) is 2.53. The molecule has 0 atom stereocenters. The van der Waals surface area contributed by atoms with Gasteiger partial charge in [-0.05, 0) is 56.7 Å². The van der Waals surface area contributed by atoms with Gasteiger partial charge in [0.1, 0.15) is 11.9 Å². The lowest BCUT2D eigenvalue weighted by Gasteiger charge is -2.29. The number of aromatic amines is 2. The maximum Gasteiger partial charge on any atom is 0.348 e. The van der Waals surface area contributed by atoms with Gasteiger partial charge in [-0.2, -0.15) is 9.50 Å². The van der Waals surface area contributed by atoms with Crippen molar-refractivity contribution in [2.75, 3.05) is 20.1 Å². The molecule has 1 fully saturated rings. The van der Waals surface area contributed by atoms with E-state index in [0.29, 0.717) is 5.65 Å². The molecule has 0 spiro atoms. The Morgan fingerprint density at radius 2 is 1.92 bits per heavy atom. The van der Waals surface area contributed by atoms with Crippen LogP contribution < -0.4 is 10.4 Å². The maximum absolute atomic E-state index is 12.0. The Hall–Kier alpha value is -2.45. The molecular formula is C18H21N5O2S. The molecule has 0 bridgehead atoms. The van der Waals surface area contributed by atoms with Crippen LogP contribution in [0.4, 0.5) is 0 Å². The number of benzene rings is 1. The SMILES string of the molecule is Cc1[nH]n2c(=O)[nH]c(=S)nc2c1-c1ccc(OC2CCN(C)CC2)cc1. The summed E-state index contributed by atoms with van der Waals surface area (Å²) in [7, 11) is 2.14. The molecule has 1 aliphatic rings. The van der Waals surface area contributed by atoms with Crippen LogP contribution in [0.2, 0.25) is 0 Å². The van der Waals surface area contributed by atoms with Crippen molar-refractivity contribution in [1.82, 2.24) is 24.5 Å². The van der Waals surface area contributed by atoms with Crippen LogP contribution in [0.25, 0.3) is 16.8 Å². The largest absolute Gasteiger partial charge is 0.490 e. The number of piperidine rings is 1. The van der Waals surface area contributed by atoms with Crippen LogP contribution in [0.5, 0.6) is 5.75 Å². The Bertz CT molecular complexity index is 1040. The zero-order valence-electron chi connectivity index (χ0n) is 14.8. The molecule has 1 saturated heterocycles. The van der Waals surface area contributed by atoms with Crippen molar-refractivity contribution in [2.45, 2.75) is 25.9 Å². The number of hydrogen-bond donors (Lipinski definition) is 2. The van der Waals surface area contributed by atoms with E-state index in [0.717, 1.165) is 48.5 Å². The van der Waals surface area contributed by atoms with Crippen LogP contribution in [0.3, 0.4) is 0 Å². The van der Waals surface area contributed by atoms with E-state index >= 15 is 0 Å². The van der Waals surface area contributed by atoms with Gasteiger partial charge < -0.3 is 9.64 Å². The van der Waals surface area contributed by atoms with E-state index in [1.165, 1.54) is 4.52 Å². The van der Waals surface area contributed by atoms with Gasteiger partial charge in [-0.3, -0.25) is 10.1 Å².